The lowest BCUT2D eigenvalue weighted by molar-refractivity contribution is -0.114. The molecule has 0 unspecified atom stereocenters. The summed E-state index contributed by atoms with van der Waals surface area (Å²) >= 11 is 0. The molecule has 110 valence electrons. The molecule has 0 saturated carbocycles. The first-order chi connectivity index (χ1) is 10.6. The minimum atomic E-state index is -0.422. The standard InChI is InChI=1S/C17H13FN2O2/c1-10(21)11-6-7-15-13(8-11)17(19-9-16(22)20-15)12-4-2-3-5-14(12)18/h2-8H,9H2,1H3,(H,20,22). The SMILES string of the molecule is CC(=O)c1ccc2c(c1)C(c1ccccc1F)=NCC(=O)N2. The Labute approximate surface area is 126 Å². The van der Waals surface area contributed by atoms with Crippen LogP contribution >= 0.6 is 0 Å². The van der Waals surface area contributed by atoms with E-state index in [2.05, 4.69) is 10.3 Å². The summed E-state index contributed by atoms with van der Waals surface area (Å²) in [6, 6.07) is 11.1. The lowest BCUT2D eigenvalue weighted by atomic mass is 9.97. The molecule has 2 aromatic rings. The summed E-state index contributed by atoms with van der Waals surface area (Å²) in [6.07, 6.45) is 0. The summed E-state index contributed by atoms with van der Waals surface area (Å²) in [5.41, 5.74) is 2.23. The maximum absolute atomic E-state index is 14.1. The minimum Gasteiger partial charge on any atom is -0.324 e. The van der Waals surface area contributed by atoms with Crippen molar-refractivity contribution in [1.82, 2.24) is 0 Å². The van der Waals surface area contributed by atoms with E-state index in [0.29, 0.717) is 28.1 Å². The maximum Gasteiger partial charge on any atom is 0.246 e. The van der Waals surface area contributed by atoms with Gasteiger partial charge in [-0.05, 0) is 37.3 Å². The van der Waals surface area contributed by atoms with Gasteiger partial charge in [0.1, 0.15) is 12.4 Å². The first-order valence-corrected chi connectivity index (χ1v) is 6.81. The van der Waals surface area contributed by atoms with Gasteiger partial charge in [-0.1, -0.05) is 12.1 Å². The third kappa shape index (κ3) is 2.53. The molecule has 0 atom stereocenters. The molecule has 0 fully saturated rings. The number of nitrogens with one attached hydrogen (secondary N) is 1. The van der Waals surface area contributed by atoms with E-state index in [9.17, 15) is 14.0 Å². The van der Waals surface area contributed by atoms with Crippen LogP contribution in [0.3, 0.4) is 0 Å². The molecule has 1 aliphatic rings. The number of anilines is 1. The summed E-state index contributed by atoms with van der Waals surface area (Å²) in [6.45, 7) is 1.37. The highest BCUT2D eigenvalue weighted by molar-refractivity contribution is 6.20. The van der Waals surface area contributed by atoms with E-state index in [1.807, 2.05) is 0 Å². The first kappa shape index (κ1) is 14.1. The molecule has 0 radical (unpaired) electrons. The van der Waals surface area contributed by atoms with Gasteiger partial charge in [0.2, 0.25) is 5.91 Å². The largest absolute Gasteiger partial charge is 0.324 e. The Morgan fingerprint density at radius 2 is 1.95 bits per heavy atom. The van der Waals surface area contributed by atoms with Gasteiger partial charge in [0.25, 0.3) is 0 Å². The average Bonchev–Trinajstić information content (AvgIpc) is 2.65. The van der Waals surface area contributed by atoms with Gasteiger partial charge in [0, 0.05) is 16.7 Å². The predicted octanol–water partition coefficient (Wildman–Crippen LogP) is 2.82. The van der Waals surface area contributed by atoms with Crippen LogP contribution in [0, 0.1) is 5.82 Å². The Morgan fingerprint density at radius 3 is 2.68 bits per heavy atom. The van der Waals surface area contributed by atoms with Crippen molar-refractivity contribution in [2.75, 3.05) is 11.9 Å². The number of aliphatic imine (C=N–C) groups is 1. The summed E-state index contributed by atoms with van der Waals surface area (Å²) < 4.78 is 14.1. The number of benzene rings is 2. The number of fused-ring (bicyclic) bond motifs is 1. The predicted molar refractivity (Wildman–Crippen MR) is 82.0 cm³/mol. The fourth-order valence-corrected chi connectivity index (χ4v) is 2.38. The lowest BCUT2D eigenvalue weighted by Crippen LogP contribution is -2.13. The molecule has 1 amide bonds. The second kappa shape index (κ2) is 5.52. The fraction of sp³-hybridized carbons (Fsp3) is 0.118. The van der Waals surface area contributed by atoms with E-state index >= 15 is 0 Å². The molecule has 5 heteroatoms. The molecule has 0 aromatic heterocycles. The summed E-state index contributed by atoms with van der Waals surface area (Å²) in [5.74, 6) is -0.802. The van der Waals surface area contributed by atoms with Crippen LogP contribution in [0.2, 0.25) is 0 Å². The molecule has 22 heavy (non-hydrogen) atoms. The van der Waals surface area contributed by atoms with Crippen LogP contribution in [0.1, 0.15) is 28.4 Å². The lowest BCUT2D eigenvalue weighted by Gasteiger charge is -2.12. The molecule has 0 spiro atoms. The van der Waals surface area contributed by atoms with Crippen LogP contribution in [-0.2, 0) is 4.79 Å². The second-order valence-corrected chi connectivity index (χ2v) is 5.01. The van der Waals surface area contributed by atoms with Crippen molar-refractivity contribution < 1.29 is 14.0 Å². The van der Waals surface area contributed by atoms with Crippen molar-refractivity contribution in [1.29, 1.82) is 0 Å². The number of Topliss-reactive ketones (excluding diaryl/α,β-unsaturated/α-hetero) is 1. The van der Waals surface area contributed by atoms with Gasteiger partial charge in [0.15, 0.2) is 5.78 Å². The van der Waals surface area contributed by atoms with E-state index in [0.717, 1.165) is 0 Å². The molecular formula is C17H13FN2O2. The number of hydrogen-bond donors (Lipinski definition) is 1. The van der Waals surface area contributed by atoms with Crippen LogP contribution < -0.4 is 5.32 Å². The van der Waals surface area contributed by atoms with Gasteiger partial charge >= 0.3 is 0 Å². The number of hydrogen-bond acceptors (Lipinski definition) is 3. The molecule has 1 N–H and O–H groups in total. The van der Waals surface area contributed by atoms with Crippen molar-refractivity contribution >= 4 is 23.1 Å². The minimum absolute atomic E-state index is 0.0895. The zero-order chi connectivity index (χ0) is 15.7. The number of ketones is 1. The third-order valence-electron chi connectivity index (χ3n) is 3.47. The Kier molecular flexibility index (Phi) is 3.55. The molecule has 4 nitrogen and oxygen atoms in total. The molecule has 0 bridgehead atoms. The topological polar surface area (TPSA) is 58.5 Å². The van der Waals surface area contributed by atoms with E-state index in [1.54, 1.807) is 36.4 Å². The Bertz CT molecular complexity index is 812. The highest BCUT2D eigenvalue weighted by Crippen LogP contribution is 2.25. The van der Waals surface area contributed by atoms with Crippen LogP contribution in [0.15, 0.2) is 47.5 Å². The van der Waals surface area contributed by atoms with E-state index < -0.39 is 5.82 Å². The molecule has 1 heterocycles. The maximum atomic E-state index is 14.1. The molecule has 3 rings (SSSR count). The normalized spacial score (nSPS) is 13.7. The summed E-state index contributed by atoms with van der Waals surface area (Å²) in [5, 5.41) is 2.72. The van der Waals surface area contributed by atoms with Gasteiger partial charge in [-0.3, -0.25) is 14.6 Å². The zero-order valence-corrected chi connectivity index (χ0v) is 11.9. The Balaban J connectivity index is 2.23. The van der Waals surface area contributed by atoms with Crippen molar-refractivity contribution in [2.24, 2.45) is 4.99 Å². The van der Waals surface area contributed by atoms with Crippen molar-refractivity contribution in [3.63, 3.8) is 0 Å². The number of halogens is 1. The summed E-state index contributed by atoms with van der Waals surface area (Å²) in [4.78, 5) is 27.6. The van der Waals surface area contributed by atoms with Crippen molar-refractivity contribution in [3.05, 3.63) is 65.0 Å². The van der Waals surface area contributed by atoms with Crippen LogP contribution in [0.5, 0.6) is 0 Å². The third-order valence-corrected chi connectivity index (χ3v) is 3.47. The second-order valence-electron chi connectivity index (χ2n) is 5.01. The van der Waals surface area contributed by atoms with Gasteiger partial charge in [-0.15, -0.1) is 0 Å². The smallest absolute Gasteiger partial charge is 0.246 e. The van der Waals surface area contributed by atoms with Gasteiger partial charge in [0.05, 0.1) is 11.4 Å². The Hall–Kier alpha value is -2.82. The zero-order valence-electron chi connectivity index (χ0n) is 11.9. The number of rotatable bonds is 2. The van der Waals surface area contributed by atoms with Crippen molar-refractivity contribution in [2.45, 2.75) is 6.92 Å². The van der Waals surface area contributed by atoms with Crippen LogP contribution in [0.4, 0.5) is 10.1 Å². The molecule has 1 aliphatic heterocycles. The number of amides is 1. The Morgan fingerprint density at radius 1 is 1.18 bits per heavy atom. The molecular weight excluding hydrogens is 283 g/mol. The fourth-order valence-electron chi connectivity index (χ4n) is 2.38. The monoisotopic (exact) mass is 296 g/mol. The number of benzodiazepines with no additional fused rings is 1. The van der Waals surface area contributed by atoms with Gasteiger partial charge in [-0.25, -0.2) is 4.39 Å². The molecule has 2 aromatic carbocycles. The average molecular weight is 296 g/mol. The number of carbonyl (C=O) groups is 2. The quantitative estimate of drug-likeness (QED) is 0.866. The summed E-state index contributed by atoms with van der Waals surface area (Å²) in [7, 11) is 0. The van der Waals surface area contributed by atoms with E-state index in [-0.39, 0.29) is 18.2 Å². The molecule has 0 saturated heterocycles. The number of carbonyl (C=O) groups excluding carboxylic acids is 2. The highest BCUT2D eigenvalue weighted by Gasteiger charge is 2.21. The molecule has 0 aliphatic carbocycles. The van der Waals surface area contributed by atoms with Gasteiger partial charge < -0.3 is 5.32 Å². The van der Waals surface area contributed by atoms with E-state index in [1.165, 1.54) is 13.0 Å². The number of nitrogens with zero attached hydrogens (tertiary/aromatic N) is 1. The van der Waals surface area contributed by atoms with Crippen LogP contribution in [-0.4, -0.2) is 23.9 Å². The van der Waals surface area contributed by atoms with E-state index in [4.69, 9.17) is 0 Å². The van der Waals surface area contributed by atoms with Crippen LogP contribution in [0.25, 0.3) is 0 Å². The van der Waals surface area contributed by atoms with Gasteiger partial charge in [-0.2, -0.15) is 0 Å². The van der Waals surface area contributed by atoms with Crippen molar-refractivity contribution in [3.8, 4) is 0 Å². The first-order valence-electron chi connectivity index (χ1n) is 6.81. The highest BCUT2D eigenvalue weighted by atomic mass is 19.1.